The Morgan fingerprint density at radius 1 is 1.46 bits per heavy atom. The van der Waals surface area contributed by atoms with Crippen molar-refractivity contribution >= 4 is 23.2 Å². The van der Waals surface area contributed by atoms with Crippen molar-refractivity contribution in [2.45, 2.75) is 6.42 Å². The van der Waals surface area contributed by atoms with Gasteiger partial charge >= 0.3 is 0 Å². The van der Waals surface area contributed by atoms with Crippen LogP contribution in [0.1, 0.15) is 5.56 Å². The van der Waals surface area contributed by atoms with E-state index in [1.807, 2.05) is 6.07 Å². The van der Waals surface area contributed by atoms with Crippen molar-refractivity contribution in [1.29, 1.82) is 0 Å². The van der Waals surface area contributed by atoms with Crippen LogP contribution in [0.5, 0.6) is 0 Å². The summed E-state index contributed by atoms with van der Waals surface area (Å²) in [5, 5.41) is 4.16. The van der Waals surface area contributed by atoms with Crippen LogP contribution < -0.4 is 5.32 Å². The van der Waals surface area contributed by atoms with Gasteiger partial charge in [-0.25, -0.2) is 4.98 Å². The Morgan fingerprint density at radius 3 is 2.77 bits per heavy atom. The van der Waals surface area contributed by atoms with E-state index < -0.39 is 0 Å². The molecule has 1 aromatic heterocycles. The molecule has 1 N–H and O–H groups in total. The van der Waals surface area contributed by atoms with Crippen molar-refractivity contribution in [3.63, 3.8) is 0 Å². The van der Waals surface area contributed by atoms with E-state index in [1.165, 1.54) is 5.56 Å². The number of aromatic nitrogens is 1. The maximum atomic E-state index is 5.85. The Hall–Kier alpha value is -0.310. The second kappa shape index (κ2) is 3.82. The Balaban J connectivity index is 2.07. The molecule has 0 atom stereocenters. The summed E-state index contributed by atoms with van der Waals surface area (Å²) in [6.45, 7) is 2.19. The van der Waals surface area contributed by atoms with Gasteiger partial charge in [-0.2, -0.15) is 0 Å². The van der Waals surface area contributed by atoms with Crippen LogP contribution in [-0.4, -0.2) is 18.1 Å². The van der Waals surface area contributed by atoms with E-state index in [4.69, 9.17) is 23.2 Å². The van der Waals surface area contributed by atoms with Gasteiger partial charge in [-0.3, -0.25) is 0 Å². The summed E-state index contributed by atoms with van der Waals surface area (Å²) < 4.78 is 0. The lowest BCUT2D eigenvalue weighted by atomic mass is 9.95. The predicted molar refractivity (Wildman–Crippen MR) is 54.3 cm³/mol. The molecule has 0 aliphatic carbocycles. The molecule has 2 rings (SSSR count). The molecule has 1 aliphatic heterocycles. The summed E-state index contributed by atoms with van der Waals surface area (Å²) in [5.74, 6) is 0.735. The molecule has 0 radical (unpaired) electrons. The van der Waals surface area contributed by atoms with E-state index >= 15 is 0 Å². The molecule has 0 amide bonds. The van der Waals surface area contributed by atoms with Crippen molar-refractivity contribution < 1.29 is 0 Å². The van der Waals surface area contributed by atoms with Gasteiger partial charge in [0.05, 0.1) is 5.02 Å². The molecule has 0 unspecified atom stereocenters. The number of rotatable bonds is 2. The maximum Gasteiger partial charge on any atom is 0.147 e. The predicted octanol–water partition coefficient (Wildman–Crippen LogP) is 2.15. The van der Waals surface area contributed by atoms with Gasteiger partial charge in [-0.15, -0.1) is 0 Å². The smallest absolute Gasteiger partial charge is 0.147 e. The first-order chi connectivity index (χ1) is 6.25. The molecule has 4 heteroatoms. The second-order valence-electron chi connectivity index (χ2n) is 3.34. The highest BCUT2D eigenvalue weighted by Gasteiger charge is 2.17. The SMILES string of the molecule is Clc1cc(CC2CNC2)cnc1Cl. The monoisotopic (exact) mass is 216 g/mol. The minimum atomic E-state index is 0.386. The summed E-state index contributed by atoms with van der Waals surface area (Å²) in [5.41, 5.74) is 1.17. The van der Waals surface area contributed by atoms with Gasteiger partial charge in [0, 0.05) is 6.20 Å². The van der Waals surface area contributed by atoms with E-state index in [9.17, 15) is 0 Å². The number of nitrogens with one attached hydrogen (secondary N) is 1. The van der Waals surface area contributed by atoms with Crippen molar-refractivity contribution in [1.82, 2.24) is 10.3 Å². The third-order valence-corrected chi connectivity index (χ3v) is 2.93. The third-order valence-electron chi connectivity index (χ3n) is 2.24. The number of hydrogen-bond donors (Lipinski definition) is 1. The highest BCUT2D eigenvalue weighted by molar-refractivity contribution is 6.41. The normalized spacial score (nSPS) is 17.1. The Labute approximate surface area is 87.3 Å². The number of hydrogen-bond acceptors (Lipinski definition) is 2. The van der Waals surface area contributed by atoms with Gasteiger partial charge in [0.15, 0.2) is 0 Å². The molecular formula is C9H10Cl2N2. The molecular weight excluding hydrogens is 207 g/mol. The number of halogens is 2. The fourth-order valence-corrected chi connectivity index (χ4v) is 1.69. The van der Waals surface area contributed by atoms with E-state index in [0.717, 1.165) is 25.4 Å². The first-order valence-electron chi connectivity index (χ1n) is 4.26. The van der Waals surface area contributed by atoms with Crippen LogP contribution in [0.2, 0.25) is 10.2 Å². The van der Waals surface area contributed by atoms with Crippen LogP contribution in [0, 0.1) is 5.92 Å². The minimum absolute atomic E-state index is 0.386. The number of nitrogens with zero attached hydrogens (tertiary/aromatic N) is 1. The van der Waals surface area contributed by atoms with Crippen LogP contribution in [0.4, 0.5) is 0 Å². The molecule has 0 spiro atoms. The Bertz CT molecular complexity index is 310. The average Bonchev–Trinajstić information content (AvgIpc) is 2.04. The van der Waals surface area contributed by atoms with Crippen molar-refractivity contribution in [2.75, 3.05) is 13.1 Å². The zero-order valence-electron chi connectivity index (χ0n) is 7.06. The topological polar surface area (TPSA) is 24.9 Å². The quantitative estimate of drug-likeness (QED) is 0.767. The zero-order valence-corrected chi connectivity index (χ0v) is 8.57. The number of pyridine rings is 1. The fraction of sp³-hybridized carbons (Fsp3) is 0.444. The average molecular weight is 217 g/mol. The van der Waals surface area contributed by atoms with Crippen LogP contribution >= 0.6 is 23.2 Å². The molecule has 13 heavy (non-hydrogen) atoms. The standard InChI is InChI=1S/C9H10Cl2N2/c10-8-2-6(5-13-9(8)11)1-7-3-12-4-7/h2,5,7,12H,1,3-4H2. The molecule has 0 aromatic carbocycles. The molecule has 1 saturated heterocycles. The molecule has 2 nitrogen and oxygen atoms in total. The van der Waals surface area contributed by atoms with Crippen LogP contribution in [-0.2, 0) is 6.42 Å². The van der Waals surface area contributed by atoms with E-state index in [0.29, 0.717) is 10.2 Å². The lowest BCUT2D eigenvalue weighted by Crippen LogP contribution is -2.43. The lowest BCUT2D eigenvalue weighted by Gasteiger charge is -2.26. The van der Waals surface area contributed by atoms with Gasteiger partial charge in [0.2, 0.25) is 0 Å². The molecule has 1 aromatic rings. The van der Waals surface area contributed by atoms with Gasteiger partial charge in [0.25, 0.3) is 0 Å². The Morgan fingerprint density at radius 2 is 2.23 bits per heavy atom. The van der Waals surface area contributed by atoms with Crippen molar-refractivity contribution in [3.05, 3.63) is 28.0 Å². The van der Waals surface area contributed by atoms with E-state index in [1.54, 1.807) is 6.20 Å². The molecule has 70 valence electrons. The van der Waals surface area contributed by atoms with Crippen LogP contribution in [0.15, 0.2) is 12.3 Å². The minimum Gasteiger partial charge on any atom is -0.316 e. The van der Waals surface area contributed by atoms with Gasteiger partial charge in [-0.05, 0) is 37.1 Å². The molecule has 0 bridgehead atoms. The highest BCUT2D eigenvalue weighted by atomic mass is 35.5. The van der Waals surface area contributed by atoms with Crippen LogP contribution in [0.3, 0.4) is 0 Å². The first kappa shape index (κ1) is 9.25. The van der Waals surface area contributed by atoms with Crippen molar-refractivity contribution in [3.8, 4) is 0 Å². The first-order valence-corrected chi connectivity index (χ1v) is 5.02. The third kappa shape index (κ3) is 2.13. The molecule has 0 saturated carbocycles. The maximum absolute atomic E-state index is 5.85. The Kier molecular flexibility index (Phi) is 2.72. The van der Waals surface area contributed by atoms with E-state index in [-0.39, 0.29) is 0 Å². The fourth-order valence-electron chi connectivity index (χ4n) is 1.40. The molecule has 1 aliphatic rings. The summed E-state index contributed by atoms with van der Waals surface area (Å²) in [6.07, 6.45) is 2.84. The molecule has 1 fully saturated rings. The van der Waals surface area contributed by atoms with Gasteiger partial charge < -0.3 is 5.32 Å². The largest absolute Gasteiger partial charge is 0.316 e. The summed E-state index contributed by atoms with van der Waals surface area (Å²) in [4.78, 5) is 4.00. The van der Waals surface area contributed by atoms with Gasteiger partial charge in [0.1, 0.15) is 5.15 Å². The highest BCUT2D eigenvalue weighted by Crippen LogP contribution is 2.21. The van der Waals surface area contributed by atoms with Crippen LogP contribution in [0.25, 0.3) is 0 Å². The van der Waals surface area contributed by atoms with Crippen molar-refractivity contribution in [2.24, 2.45) is 5.92 Å². The lowest BCUT2D eigenvalue weighted by molar-refractivity contribution is 0.346. The summed E-state index contributed by atoms with van der Waals surface area (Å²) >= 11 is 11.6. The van der Waals surface area contributed by atoms with E-state index in [2.05, 4.69) is 10.3 Å². The summed E-state index contributed by atoms with van der Waals surface area (Å²) in [7, 11) is 0. The molecule has 2 heterocycles. The zero-order chi connectivity index (χ0) is 9.26. The second-order valence-corrected chi connectivity index (χ2v) is 4.11. The van der Waals surface area contributed by atoms with Gasteiger partial charge in [-0.1, -0.05) is 23.2 Å². The summed E-state index contributed by atoms with van der Waals surface area (Å²) in [6, 6.07) is 1.90.